The third kappa shape index (κ3) is 3.63. The molecular formula is C19H28N6O3S. The number of amides is 1. The Bertz CT molecular complexity index is 817. The number of carbonyl (C=O) groups is 2. The highest BCUT2D eigenvalue weighted by atomic mass is 32.2. The zero-order valence-electron chi connectivity index (χ0n) is 16.8. The van der Waals surface area contributed by atoms with Crippen LogP contribution in [0.3, 0.4) is 0 Å². The van der Waals surface area contributed by atoms with Gasteiger partial charge in [0.05, 0.1) is 12.9 Å². The molecule has 0 bridgehead atoms. The first-order valence-electron chi connectivity index (χ1n) is 10.0. The molecular weight excluding hydrogens is 392 g/mol. The molecule has 0 aromatic carbocycles. The van der Waals surface area contributed by atoms with Crippen molar-refractivity contribution in [2.75, 3.05) is 13.1 Å². The van der Waals surface area contributed by atoms with E-state index in [1.807, 2.05) is 20.0 Å². The van der Waals surface area contributed by atoms with E-state index in [1.54, 1.807) is 12.5 Å². The van der Waals surface area contributed by atoms with Crippen molar-refractivity contribution in [1.29, 1.82) is 0 Å². The molecule has 0 spiro atoms. The van der Waals surface area contributed by atoms with Gasteiger partial charge in [-0.25, -0.2) is 9.78 Å². The summed E-state index contributed by atoms with van der Waals surface area (Å²) in [5.74, 6) is 0.362. The zero-order chi connectivity index (χ0) is 20.8. The molecule has 3 aliphatic heterocycles. The highest BCUT2D eigenvalue weighted by molar-refractivity contribution is 8.01. The van der Waals surface area contributed by atoms with Gasteiger partial charge in [0, 0.05) is 36.8 Å². The van der Waals surface area contributed by atoms with Crippen molar-refractivity contribution in [1.82, 2.24) is 19.4 Å². The lowest BCUT2D eigenvalue weighted by atomic mass is 9.96. The molecule has 2 unspecified atom stereocenters. The first kappa shape index (κ1) is 20.2. The van der Waals surface area contributed by atoms with E-state index in [1.165, 1.54) is 16.7 Å². The quantitative estimate of drug-likeness (QED) is 0.393. The predicted molar refractivity (Wildman–Crippen MR) is 110 cm³/mol. The van der Waals surface area contributed by atoms with E-state index < -0.39 is 22.8 Å². The lowest BCUT2D eigenvalue weighted by Crippen LogP contribution is -2.65. The lowest BCUT2D eigenvalue weighted by Gasteiger charge is -2.41. The van der Waals surface area contributed by atoms with Crippen molar-refractivity contribution in [3.63, 3.8) is 0 Å². The Labute approximate surface area is 174 Å². The molecule has 3 aliphatic rings. The number of nitrogens with two attached hydrogens (primary N) is 1. The summed E-state index contributed by atoms with van der Waals surface area (Å²) in [4.78, 5) is 36.5. The Hall–Kier alpha value is -2.07. The minimum atomic E-state index is -0.946. The van der Waals surface area contributed by atoms with Crippen LogP contribution >= 0.6 is 11.8 Å². The summed E-state index contributed by atoms with van der Waals surface area (Å²) in [5, 5.41) is 9.31. The van der Waals surface area contributed by atoms with Gasteiger partial charge in [0.25, 0.3) is 5.91 Å². The number of β-lactam (4-membered cyclic amide) rings is 1. The maximum absolute atomic E-state index is 12.5. The van der Waals surface area contributed by atoms with Crippen LogP contribution in [0.2, 0.25) is 0 Å². The maximum atomic E-state index is 12.5. The number of fused-ring (bicyclic) bond motifs is 1. The normalized spacial score (nSPS) is 29.3. The lowest BCUT2D eigenvalue weighted by molar-refractivity contribution is -0.158. The van der Waals surface area contributed by atoms with Crippen LogP contribution in [0.1, 0.15) is 32.5 Å². The van der Waals surface area contributed by atoms with Crippen LogP contribution in [0.25, 0.3) is 0 Å². The Morgan fingerprint density at radius 3 is 2.83 bits per heavy atom. The minimum Gasteiger partial charge on any atom is -0.480 e. The molecule has 0 saturated carbocycles. The van der Waals surface area contributed by atoms with Crippen LogP contribution in [-0.2, 0) is 22.7 Å². The van der Waals surface area contributed by atoms with Gasteiger partial charge >= 0.3 is 5.97 Å². The summed E-state index contributed by atoms with van der Waals surface area (Å²) < 4.78 is 1.62. The molecule has 0 radical (unpaired) electrons. The van der Waals surface area contributed by atoms with Gasteiger partial charge in [-0.3, -0.25) is 9.79 Å². The monoisotopic (exact) mass is 420 g/mol. The van der Waals surface area contributed by atoms with E-state index in [2.05, 4.69) is 19.4 Å². The number of hydrogen-bond acceptors (Lipinski definition) is 6. The average Bonchev–Trinajstić information content (AvgIpc) is 3.22. The van der Waals surface area contributed by atoms with E-state index >= 15 is 0 Å². The molecule has 1 aromatic heterocycles. The predicted octanol–water partition coefficient (Wildman–Crippen LogP) is 0.598. The molecule has 1 amide bonds. The number of imidazole rings is 1. The fourth-order valence-electron chi connectivity index (χ4n) is 4.52. The van der Waals surface area contributed by atoms with Crippen molar-refractivity contribution < 1.29 is 14.7 Å². The second-order valence-electron chi connectivity index (χ2n) is 8.49. The first-order valence-corrected chi connectivity index (χ1v) is 10.9. The van der Waals surface area contributed by atoms with Crippen LogP contribution in [-0.4, -0.2) is 78.0 Å². The van der Waals surface area contributed by atoms with Crippen molar-refractivity contribution >= 4 is 30.0 Å². The second-order valence-corrected chi connectivity index (χ2v) is 10.3. The smallest absolute Gasteiger partial charge is 0.327 e. The highest BCUT2D eigenvalue weighted by Crippen LogP contribution is 2.51. The van der Waals surface area contributed by atoms with Gasteiger partial charge in [-0.2, -0.15) is 0 Å². The molecule has 1 aromatic rings. The van der Waals surface area contributed by atoms with E-state index in [9.17, 15) is 14.7 Å². The summed E-state index contributed by atoms with van der Waals surface area (Å²) in [5.41, 5.74) is 5.72. The number of carboxylic acid groups (broad SMARTS) is 1. The van der Waals surface area contributed by atoms with Gasteiger partial charge in [-0.05, 0) is 32.6 Å². The van der Waals surface area contributed by atoms with E-state index in [4.69, 9.17) is 5.73 Å². The van der Waals surface area contributed by atoms with Gasteiger partial charge in [-0.1, -0.05) is 0 Å². The third-order valence-corrected chi connectivity index (χ3v) is 7.68. The maximum Gasteiger partial charge on any atom is 0.327 e. The van der Waals surface area contributed by atoms with Crippen LogP contribution < -0.4 is 5.73 Å². The molecule has 4 rings (SSSR count). The summed E-state index contributed by atoms with van der Waals surface area (Å²) in [6.07, 6.45) is 7.66. The number of nitrogens with zero attached hydrogens (tertiary/aromatic N) is 5. The third-order valence-electron chi connectivity index (χ3n) is 6.13. The van der Waals surface area contributed by atoms with Crippen LogP contribution in [0.4, 0.5) is 0 Å². The number of aliphatic carboxylic acids is 1. The SMILES string of the molecule is CC1(C)SC2C(N=CN3CCC(Cn4ccnc4CN)CC3)C(=O)N2[C@H]1C(=O)O. The topological polar surface area (TPSA) is 117 Å². The van der Waals surface area contributed by atoms with Crippen LogP contribution in [0.15, 0.2) is 17.4 Å². The first-order chi connectivity index (χ1) is 13.8. The molecule has 3 saturated heterocycles. The summed E-state index contributed by atoms with van der Waals surface area (Å²) in [7, 11) is 0. The van der Waals surface area contributed by atoms with Gasteiger partial charge in [0.15, 0.2) is 6.04 Å². The van der Waals surface area contributed by atoms with E-state index in [0.29, 0.717) is 12.5 Å². The molecule has 29 heavy (non-hydrogen) atoms. The molecule has 3 fully saturated rings. The van der Waals surface area contributed by atoms with Crippen molar-refractivity contribution in [3.8, 4) is 0 Å². The number of carboxylic acids is 1. The highest BCUT2D eigenvalue weighted by Gasteiger charge is 2.63. The summed E-state index contributed by atoms with van der Waals surface area (Å²) >= 11 is 1.53. The van der Waals surface area contributed by atoms with Crippen LogP contribution in [0.5, 0.6) is 0 Å². The molecule has 3 atom stereocenters. The van der Waals surface area contributed by atoms with Gasteiger partial charge < -0.3 is 25.2 Å². The molecule has 9 nitrogen and oxygen atoms in total. The Balaban J connectivity index is 1.30. The van der Waals surface area contributed by atoms with Gasteiger partial charge in [0.1, 0.15) is 17.2 Å². The Kier molecular flexibility index (Phi) is 5.32. The van der Waals surface area contributed by atoms with Crippen molar-refractivity contribution in [2.45, 2.75) is 62.0 Å². The number of piperidine rings is 1. The average molecular weight is 421 g/mol. The Morgan fingerprint density at radius 2 is 2.17 bits per heavy atom. The minimum absolute atomic E-state index is 0.177. The molecule has 158 valence electrons. The molecule has 4 heterocycles. The standard InChI is InChI=1S/C19H28N6O3S/c1-19(2)15(18(27)28)25-16(26)14(17(25)29-19)22-11-23-6-3-12(4-7-23)10-24-8-5-21-13(24)9-20/h5,8,11-12,14-15,17H,3-4,6-7,9-10,20H2,1-2H3,(H,27,28)/t14?,15-,17?/m0/s1. The zero-order valence-corrected chi connectivity index (χ0v) is 17.6. The van der Waals surface area contributed by atoms with E-state index in [-0.39, 0.29) is 11.3 Å². The number of rotatable bonds is 6. The second kappa shape index (κ2) is 7.64. The fraction of sp³-hybridized carbons (Fsp3) is 0.684. The van der Waals surface area contributed by atoms with Gasteiger partial charge in [-0.15, -0.1) is 11.8 Å². The number of likely N-dealkylation sites (tertiary alicyclic amines) is 1. The number of carbonyl (C=O) groups excluding carboxylic acids is 1. The molecule has 3 N–H and O–H groups in total. The van der Waals surface area contributed by atoms with Crippen molar-refractivity contribution in [2.24, 2.45) is 16.6 Å². The van der Waals surface area contributed by atoms with Crippen molar-refractivity contribution in [3.05, 3.63) is 18.2 Å². The summed E-state index contributed by atoms with van der Waals surface area (Å²) in [6, 6.07) is -1.26. The van der Waals surface area contributed by atoms with Gasteiger partial charge in [0.2, 0.25) is 0 Å². The largest absolute Gasteiger partial charge is 0.480 e. The number of aliphatic imine (C=N–C) groups is 1. The number of hydrogen-bond donors (Lipinski definition) is 2. The van der Waals surface area contributed by atoms with Crippen LogP contribution in [0, 0.1) is 5.92 Å². The summed E-state index contributed by atoms with van der Waals surface area (Å²) in [6.45, 7) is 6.93. The number of aromatic nitrogens is 2. The fourth-order valence-corrected chi connectivity index (χ4v) is 6.14. The molecule has 10 heteroatoms. The number of thioether (sulfide) groups is 1. The Morgan fingerprint density at radius 1 is 1.45 bits per heavy atom. The molecule has 0 aliphatic carbocycles. The van der Waals surface area contributed by atoms with E-state index in [0.717, 1.165) is 38.3 Å².